The third kappa shape index (κ3) is 4.31. The highest BCUT2D eigenvalue weighted by molar-refractivity contribution is 7.12. The number of nitrogens with zero attached hydrogens (tertiary/aromatic N) is 2. The van der Waals surface area contributed by atoms with E-state index in [-0.39, 0.29) is 0 Å². The van der Waals surface area contributed by atoms with Gasteiger partial charge in [-0.2, -0.15) is 5.26 Å². The van der Waals surface area contributed by atoms with Crippen LogP contribution < -0.4 is 5.32 Å². The molecular formula is C12H19N3S. The van der Waals surface area contributed by atoms with Crippen molar-refractivity contribution < 1.29 is 0 Å². The third-order valence-corrected chi connectivity index (χ3v) is 3.57. The van der Waals surface area contributed by atoms with E-state index in [0.29, 0.717) is 6.04 Å². The molecule has 0 saturated heterocycles. The number of thiophene rings is 1. The molecule has 4 heteroatoms. The molecule has 16 heavy (non-hydrogen) atoms. The Morgan fingerprint density at radius 3 is 2.81 bits per heavy atom. The first-order valence-electron chi connectivity index (χ1n) is 5.51. The quantitative estimate of drug-likeness (QED) is 0.771. The smallest absolute Gasteiger partial charge is 0.110 e. The predicted molar refractivity (Wildman–Crippen MR) is 68.6 cm³/mol. The van der Waals surface area contributed by atoms with Crippen molar-refractivity contribution in [2.45, 2.75) is 19.4 Å². The molecule has 0 fully saturated rings. The molecule has 0 bridgehead atoms. The summed E-state index contributed by atoms with van der Waals surface area (Å²) in [6, 6.07) is 6.43. The van der Waals surface area contributed by atoms with Crippen molar-refractivity contribution in [2.75, 3.05) is 27.2 Å². The zero-order chi connectivity index (χ0) is 12.0. The molecule has 1 aromatic rings. The Bertz CT molecular complexity index is 351. The van der Waals surface area contributed by atoms with Crippen molar-refractivity contribution in [1.82, 2.24) is 10.2 Å². The van der Waals surface area contributed by atoms with Gasteiger partial charge >= 0.3 is 0 Å². The van der Waals surface area contributed by atoms with Crippen LogP contribution in [0.3, 0.4) is 0 Å². The summed E-state index contributed by atoms with van der Waals surface area (Å²) in [5.74, 6) is 0. The Labute approximate surface area is 102 Å². The summed E-state index contributed by atoms with van der Waals surface area (Å²) in [6.45, 7) is 4.26. The fraction of sp³-hybridized carbons (Fsp3) is 0.583. The van der Waals surface area contributed by atoms with E-state index >= 15 is 0 Å². The Hall–Kier alpha value is -0.890. The normalized spacial score (nSPS) is 12.7. The van der Waals surface area contributed by atoms with Crippen LogP contribution in [-0.2, 0) is 0 Å². The topological polar surface area (TPSA) is 39.1 Å². The van der Waals surface area contributed by atoms with Crippen LogP contribution in [0.25, 0.3) is 0 Å². The summed E-state index contributed by atoms with van der Waals surface area (Å²) < 4.78 is 0. The number of nitrogens with one attached hydrogen (secondary N) is 1. The van der Waals surface area contributed by atoms with Crippen LogP contribution in [0.4, 0.5) is 0 Å². The molecule has 1 heterocycles. The minimum atomic E-state index is 0.342. The van der Waals surface area contributed by atoms with Gasteiger partial charge in [0.2, 0.25) is 0 Å². The standard InChI is InChI=1S/C12H19N3S/c1-10(14-7-4-8-15(2)3)12-6-5-11(9-13)16-12/h5-6,10,14H,4,7-8H2,1-3H3. The first-order chi connectivity index (χ1) is 7.63. The monoisotopic (exact) mass is 237 g/mol. The third-order valence-electron chi connectivity index (χ3n) is 2.40. The largest absolute Gasteiger partial charge is 0.309 e. The number of hydrogen-bond donors (Lipinski definition) is 1. The minimum absolute atomic E-state index is 0.342. The fourth-order valence-electron chi connectivity index (χ4n) is 1.46. The van der Waals surface area contributed by atoms with E-state index in [9.17, 15) is 0 Å². The van der Waals surface area contributed by atoms with E-state index in [2.05, 4.69) is 37.3 Å². The summed E-state index contributed by atoms with van der Waals surface area (Å²) >= 11 is 1.57. The maximum absolute atomic E-state index is 8.74. The average Bonchev–Trinajstić information content (AvgIpc) is 2.72. The molecule has 0 aromatic carbocycles. The van der Waals surface area contributed by atoms with E-state index in [1.807, 2.05) is 12.1 Å². The van der Waals surface area contributed by atoms with Gasteiger partial charge in [0.25, 0.3) is 0 Å². The van der Waals surface area contributed by atoms with Crippen LogP contribution in [0.5, 0.6) is 0 Å². The van der Waals surface area contributed by atoms with Gasteiger partial charge in [-0.1, -0.05) is 0 Å². The summed E-state index contributed by atoms with van der Waals surface area (Å²) in [5, 5.41) is 12.2. The highest BCUT2D eigenvalue weighted by Crippen LogP contribution is 2.22. The zero-order valence-electron chi connectivity index (χ0n) is 10.2. The molecule has 0 amide bonds. The van der Waals surface area contributed by atoms with Gasteiger partial charge in [-0.25, -0.2) is 0 Å². The second kappa shape index (κ2) is 6.64. The first kappa shape index (κ1) is 13.2. The summed E-state index contributed by atoms with van der Waals surface area (Å²) in [7, 11) is 4.17. The summed E-state index contributed by atoms with van der Waals surface area (Å²) in [5.41, 5.74) is 0. The maximum Gasteiger partial charge on any atom is 0.110 e. The lowest BCUT2D eigenvalue weighted by molar-refractivity contribution is 0.389. The van der Waals surface area contributed by atoms with E-state index in [0.717, 1.165) is 24.4 Å². The molecular weight excluding hydrogens is 218 g/mol. The Morgan fingerprint density at radius 2 is 2.25 bits per heavy atom. The lowest BCUT2D eigenvalue weighted by Crippen LogP contribution is -2.23. The first-order valence-corrected chi connectivity index (χ1v) is 6.33. The zero-order valence-corrected chi connectivity index (χ0v) is 11.0. The van der Waals surface area contributed by atoms with Crippen LogP contribution in [0.2, 0.25) is 0 Å². The predicted octanol–water partition coefficient (Wildman–Crippen LogP) is 2.22. The minimum Gasteiger partial charge on any atom is -0.309 e. The number of rotatable bonds is 6. The van der Waals surface area contributed by atoms with E-state index in [1.54, 1.807) is 11.3 Å². The molecule has 1 atom stereocenters. The van der Waals surface area contributed by atoms with Gasteiger partial charge in [-0.3, -0.25) is 0 Å². The molecule has 0 saturated carbocycles. The van der Waals surface area contributed by atoms with Crippen molar-refractivity contribution in [3.63, 3.8) is 0 Å². The molecule has 1 unspecified atom stereocenters. The molecule has 0 spiro atoms. The Kier molecular flexibility index (Phi) is 5.47. The number of nitriles is 1. The van der Waals surface area contributed by atoms with Gasteiger partial charge in [-0.05, 0) is 52.7 Å². The van der Waals surface area contributed by atoms with E-state index < -0.39 is 0 Å². The van der Waals surface area contributed by atoms with Crippen LogP contribution in [0.1, 0.15) is 29.1 Å². The van der Waals surface area contributed by atoms with Crippen LogP contribution in [0, 0.1) is 11.3 Å². The second-order valence-electron chi connectivity index (χ2n) is 4.15. The lowest BCUT2D eigenvalue weighted by atomic mass is 10.2. The molecule has 0 aliphatic rings. The van der Waals surface area contributed by atoms with Crippen molar-refractivity contribution >= 4 is 11.3 Å². The summed E-state index contributed by atoms with van der Waals surface area (Å²) in [4.78, 5) is 4.21. The van der Waals surface area contributed by atoms with Crippen LogP contribution >= 0.6 is 11.3 Å². The summed E-state index contributed by atoms with van der Waals surface area (Å²) in [6.07, 6.45) is 1.15. The van der Waals surface area contributed by atoms with Gasteiger partial charge < -0.3 is 10.2 Å². The molecule has 88 valence electrons. The highest BCUT2D eigenvalue weighted by atomic mass is 32.1. The molecule has 1 aromatic heterocycles. The second-order valence-corrected chi connectivity index (χ2v) is 5.26. The Morgan fingerprint density at radius 1 is 1.50 bits per heavy atom. The van der Waals surface area contributed by atoms with Gasteiger partial charge in [0.15, 0.2) is 0 Å². The van der Waals surface area contributed by atoms with Gasteiger partial charge in [-0.15, -0.1) is 11.3 Å². The van der Waals surface area contributed by atoms with Gasteiger partial charge in [0, 0.05) is 10.9 Å². The highest BCUT2D eigenvalue weighted by Gasteiger charge is 2.07. The van der Waals surface area contributed by atoms with Crippen molar-refractivity contribution in [1.29, 1.82) is 5.26 Å². The van der Waals surface area contributed by atoms with Crippen LogP contribution in [0.15, 0.2) is 12.1 Å². The van der Waals surface area contributed by atoms with Crippen molar-refractivity contribution in [3.8, 4) is 6.07 Å². The molecule has 0 aliphatic heterocycles. The van der Waals surface area contributed by atoms with E-state index in [4.69, 9.17) is 5.26 Å². The van der Waals surface area contributed by atoms with Crippen LogP contribution in [-0.4, -0.2) is 32.1 Å². The van der Waals surface area contributed by atoms with Crippen molar-refractivity contribution in [2.24, 2.45) is 0 Å². The maximum atomic E-state index is 8.74. The Balaban J connectivity index is 2.30. The lowest BCUT2D eigenvalue weighted by Gasteiger charge is -2.13. The van der Waals surface area contributed by atoms with Gasteiger partial charge in [0.1, 0.15) is 10.9 Å². The van der Waals surface area contributed by atoms with Gasteiger partial charge in [0.05, 0.1) is 0 Å². The molecule has 1 N–H and O–H groups in total. The molecule has 0 aliphatic carbocycles. The SMILES string of the molecule is CC(NCCCN(C)C)c1ccc(C#N)s1. The fourth-order valence-corrected chi connectivity index (χ4v) is 2.29. The molecule has 1 rings (SSSR count). The number of hydrogen-bond acceptors (Lipinski definition) is 4. The molecule has 0 radical (unpaired) electrons. The van der Waals surface area contributed by atoms with E-state index in [1.165, 1.54) is 4.88 Å². The van der Waals surface area contributed by atoms with Crippen molar-refractivity contribution in [3.05, 3.63) is 21.9 Å². The molecule has 3 nitrogen and oxygen atoms in total. The average molecular weight is 237 g/mol.